The maximum atomic E-state index is 9.25. The van der Waals surface area contributed by atoms with E-state index in [9.17, 15) is 5.26 Å². The van der Waals surface area contributed by atoms with E-state index in [1.807, 2.05) is 24.7 Å². The molecule has 0 aliphatic heterocycles. The first-order valence-corrected chi connectivity index (χ1v) is 6.79. The molecule has 0 bridgehead atoms. The van der Waals surface area contributed by atoms with Crippen LogP contribution in [-0.4, -0.2) is 21.4 Å². The summed E-state index contributed by atoms with van der Waals surface area (Å²) in [5.41, 5.74) is 0.448. The van der Waals surface area contributed by atoms with Gasteiger partial charge < -0.3 is 0 Å². The number of aryl methyl sites for hydroxylation is 2. The van der Waals surface area contributed by atoms with Gasteiger partial charge in [0.25, 0.3) is 0 Å². The van der Waals surface area contributed by atoms with E-state index in [-0.39, 0.29) is 0 Å². The van der Waals surface area contributed by atoms with Gasteiger partial charge in [0, 0.05) is 18.8 Å². The number of nitrogens with one attached hydrogen (secondary N) is 1. The Morgan fingerprint density at radius 3 is 2.89 bits per heavy atom. The second-order valence-corrected chi connectivity index (χ2v) is 5.70. The van der Waals surface area contributed by atoms with E-state index < -0.39 is 5.54 Å². The van der Waals surface area contributed by atoms with Crippen molar-refractivity contribution in [3.63, 3.8) is 0 Å². The third kappa shape index (κ3) is 3.47. The minimum atomic E-state index is -0.410. The van der Waals surface area contributed by atoms with E-state index in [0.29, 0.717) is 11.1 Å². The predicted octanol–water partition coefficient (Wildman–Crippen LogP) is 2.66. The Balaban J connectivity index is 1.81. The predicted molar refractivity (Wildman–Crippen MR) is 71.4 cm³/mol. The van der Waals surface area contributed by atoms with E-state index in [2.05, 4.69) is 16.5 Å². The summed E-state index contributed by atoms with van der Waals surface area (Å²) in [7, 11) is 0. The van der Waals surface area contributed by atoms with E-state index in [1.54, 1.807) is 0 Å². The van der Waals surface area contributed by atoms with Gasteiger partial charge >= 0.3 is 0 Å². The molecule has 1 aliphatic carbocycles. The first-order valence-electron chi connectivity index (χ1n) is 6.41. The molecule has 18 heavy (non-hydrogen) atoms. The minimum Gasteiger partial charge on any atom is -0.297 e. The lowest BCUT2D eigenvalue weighted by Gasteiger charge is -2.23. The molecular weight excluding hydrogens is 248 g/mol. The first-order chi connectivity index (χ1) is 8.52. The third-order valence-electron chi connectivity index (χ3n) is 3.30. The lowest BCUT2D eigenvalue weighted by Crippen LogP contribution is -2.42. The van der Waals surface area contributed by atoms with Crippen molar-refractivity contribution in [1.82, 2.24) is 15.1 Å². The highest BCUT2D eigenvalue weighted by Crippen LogP contribution is 2.24. The number of nitrogens with zero attached hydrogens (tertiary/aromatic N) is 3. The van der Waals surface area contributed by atoms with Crippen LogP contribution in [0.4, 0.5) is 0 Å². The standard InChI is InChI=1S/C13H19ClN4/c1-10-12(14)8-18(17-10)7-3-6-13(2,9-15)16-11-4-5-11/h8,11,16H,3-7H2,1-2H3. The quantitative estimate of drug-likeness (QED) is 0.861. The molecule has 0 spiro atoms. The van der Waals surface area contributed by atoms with Crippen molar-refractivity contribution in [1.29, 1.82) is 5.26 Å². The Hall–Kier alpha value is -1.05. The molecule has 1 unspecified atom stereocenters. The zero-order valence-electron chi connectivity index (χ0n) is 10.9. The van der Waals surface area contributed by atoms with Gasteiger partial charge in [0.05, 0.1) is 16.8 Å². The molecule has 0 amide bonds. The van der Waals surface area contributed by atoms with E-state index in [1.165, 1.54) is 12.8 Å². The van der Waals surface area contributed by atoms with Gasteiger partial charge in [-0.25, -0.2) is 0 Å². The summed E-state index contributed by atoms with van der Waals surface area (Å²) in [5.74, 6) is 0. The first kappa shape index (κ1) is 13.4. The van der Waals surface area contributed by atoms with Gasteiger partial charge in [-0.05, 0) is 39.5 Å². The molecule has 2 rings (SSSR count). The Bertz CT molecular complexity index is 439. The number of halogens is 1. The fourth-order valence-corrected chi connectivity index (χ4v) is 2.19. The topological polar surface area (TPSA) is 53.6 Å². The van der Waals surface area contributed by atoms with Crippen LogP contribution in [0.5, 0.6) is 0 Å². The lowest BCUT2D eigenvalue weighted by molar-refractivity contribution is 0.386. The van der Waals surface area contributed by atoms with Gasteiger partial charge in [-0.1, -0.05) is 11.6 Å². The van der Waals surface area contributed by atoms with Gasteiger partial charge in [0.1, 0.15) is 5.54 Å². The van der Waals surface area contributed by atoms with Crippen molar-refractivity contribution in [2.45, 2.75) is 57.7 Å². The summed E-state index contributed by atoms with van der Waals surface area (Å²) < 4.78 is 1.85. The van der Waals surface area contributed by atoms with Crippen LogP contribution in [0.2, 0.25) is 5.02 Å². The third-order valence-corrected chi connectivity index (χ3v) is 3.67. The molecule has 5 heteroatoms. The molecule has 1 N–H and O–H groups in total. The van der Waals surface area contributed by atoms with Crippen LogP contribution in [0.15, 0.2) is 6.20 Å². The van der Waals surface area contributed by atoms with E-state index in [0.717, 1.165) is 25.1 Å². The lowest BCUT2D eigenvalue weighted by atomic mass is 9.97. The van der Waals surface area contributed by atoms with Crippen LogP contribution in [0, 0.1) is 18.3 Å². The molecule has 0 saturated heterocycles. The molecule has 1 aliphatic rings. The SMILES string of the molecule is Cc1nn(CCCC(C)(C#N)NC2CC2)cc1Cl. The highest BCUT2D eigenvalue weighted by atomic mass is 35.5. The second kappa shape index (κ2) is 5.29. The van der Waals surface area contributed by atoms with Crippen molar-refractivity contribution in [3.05, 3.63) is 16.9 Å². The fourth-order valence-electron chi connectivity index (χ4n) is 2.04. The number of hydrogen-bond donors (Lipinski definition) is 1. The summed E-state index contributed by atoms with van der Waals surface area (Å²) >= 11 is 5.95. The summed E-state index contributed by atoms with van der Waals surface area (Å²) in [6.07, 6.45) is 5.99. The van der Waals surface area contributed by atoms with Crippen molar-refractivity contribution in [2.75, 3.05) is 0 Å². The monoisotopic (exact) mass is 266 g/mol. The summed E-state index contributed by atoms with van der Waals surface area (Å²) in [4.78, 5) is 0. The van der Waals surface area contributed by atoms with Crippen molar-refractivity contribution >= 4 is 11.6 Å². The number of rotatable bonds is 6. The summed E-state index contributed by atoms with van der Waals surface area (Å²) in [6, 6.07) is 2.94. The maximum Gasteiger partial charge on any atom is 0.104 e. The van der Waals surface area contributed by atoms with E-state index >= 15 is 0 Å². The highest BCUT2D eigenvalue weighted by Gasteiger charge is 2.31. The van der Waals surface area contributed by atoms with Crippen molar-refractivity contribution in [3.8, 4) is 6.07 Å². The van der Waals surface area contributed by atoms with Crippen LogP contribution in [0.3, 0.4) is 0 Å². The molecule has 1 heterocycles. The number of nitriles is 1. The van der Waals surface area contributed by atoms with Crippen LogP contribution in [0.25, 0.3) is 0 Å². The molecule has 4 nitrogen and oxygen atoms in total. The molecule has 1 aromatic heterocycles. The van der Waals surface area contributed by atoms with Crippen LogP contribution in [-0.2, 0) is 6.54 Å². The highest BCUT2D eigenvalue weighted by molar-refractivity contribution is 6.31. The zero-order chi connectivity index (χ0) is 13.2. The Labute approximate surface area is 113 Å². The fraction of sp³-hybridized carbons (Fsp3) is 0.692. The molecular formula is C13H19ClN4. The van der Waals surface area contributed by atoms with Crippen molar-refractivity contribution in [2.24, 2.45) is 0 Å². The molecule has 1 fully saturated rings. The number of hydrogen-bond acceptors (Lipinski definition) is 3. The average molecular weight is 267 g/mol. The smallest absolute Gasteiger partial charge is 0.104 e. The van der Waals surface area contributed by atoms with Gasteiger partial charge in [0.15, 0.2) is 0 Å². The molecule has 98 valence electrons. The van der Waals surface area contributed by atoms with Gasteiger partial charge in [-0.2, -0.15) is 10.4 Å². The Kier molecular flexibility index (Phi) is 3.94. The van der Waals surface area contributed by atoms with Crippen LogP contribution in [0.1, 0.15) is 38.3 Å². The molecule has 0 radical (unpaired) electrons. The van der Waals surface area contributed by atoms with E-state index in [4.69, 9.17) is 11.6 Å². The summed E-state index contributed by atoms with van der Waals surface area (Å²) in [5, 5.41) is 17.7. The van der Waals surface area contributed by atoms with Crippen LogP contribution >= 0.6 is 11.6 Å². The Morgan fingerprint density at radius 2 is 2.39 bits per heavy atom. The average Bonchev–Trinajstić information content (AvgIpc) is 3.06. The normalized spacial score (nSPS) is 18.3. The molecule has 1 atom stereocenters. The number of aromatic nitrogens is 2. The van der Waals surface area contributed by atoms with Crippen LogP contribution < -0.4 is 5.32 Å². The van der Waals surface area contributed by atoms with Gasteiger partial charge in [-0.3, -0.25) is 10.00 Å². The minimum absolute atomic E-state index is 0.410. The van der Waals surface area contributed by atoms with Crippen molar-refractivity contribution < 1.29 is 0 Å². The second-order valence-electron chi connectivity index (χ2n) is 5.29. The zero-order valence-corrected chi connectivity index (χ0v) is 11.7. The summed E-state index contributed by atoms with van der Waals surface area (Å²) in [6.45, 7) is 4.68. The van der Waals surface area contributed by atoms with Gasteiger partial charge in [-0.15, -0.1) is 0 Å². The largest absolute Gasteiger partial charge is 0.297 e. The maximum absolute atomic E-state index is 9.25. The van der Waals surface area contributed by atoms with Gasteiger partial charge in [0.2, 0.25) is 0 Å². The molecule has 1 saturated carbocycles. The molecule has 0 aromatic carbocycles. The molecule has 1 aromatic rings. The Morgan fingerprint density at radius 1 is 1.67 bits per heavy atom.